The SMILES string of the molecule is CC#C/C=C1\C=CC=CC1. The van der Waals surface area contributed by atoms with Crippen LogP contribution in [0.15, 0.2) is 36.0 Å². The fourth-order valence-corrected chi connectivity index (χ4v) is 0.802. The monoisotopic (exact) mass is 130 g/mol. The van der Waals surface area contributed by atoms with Gasteiger partial charge in [-0.1, -0.05) is 30.2 Å². The zero-order valence-corrected chi connectivity index (χ0v) is 6.09. The summed E-state index contributed by atoms with van der Waals surface area (Å²) in [6, 6.07) is 0. The highest BCUT2D eigenvalue weighted by Gasteiger charge is 1.89. The van der Waals surface area contributed by atoms with Gasteiger partial charge in [-0.25, -0.2) is 0 Å². The average Bonchev–Trinajstić information content (AvgIpc) is 2.03. The molecule has 0 N–H and O–H groups in total. The quantitative estimate of drug-likeness (QED) is 0.442. The zero-order chi connectivity index (χ0) is 7.23. The fraction of sp³-hybridized carbons (Fsp3) is 0.200. The minimum absolute atomic E-state index is 1.02. The summed E-state index contributed by atoms with van der Waals surface area (Å²) in [6.45, 7) is 1.85. The Labute approximate surface area is 61.9 Å². The van der Waals surface area contributed by atoms with E-state index in [1.807, 2.05) is 19.1 Å². The summed E-state index contributed by atoms with van der Waals surface area (Å²) in [5.41, 5.74) is 1.29. The highest BCUT2D eigenvalue weighted by atomic mass is 13.9. The van der Waals surface area contributed by atoms with Crippen molar-refractivity contribution in [2.24, 2.45) is 0 Å². The van der Waals surface area contributed by atoms with E-state index in [0.717, 1.165) is 6.42 Å². The lowest BCUT2D eigenvalue weighted by molar-refractivity contribution is 1.27. The Kier molecular flexibility index (Phi) is 2.58. The van der Waals surface area contributed by atoms with Gasteiger partial charge in [-0.15, -0.1) is 5.92 Å². The molecule has 0 radical (unpaired) electrons. The molecule has 0 saturated carbocycles. The first kappa shape index (κ1) is 6.89. The topological polar surface area (TPSA) is 0 Å². The van der Waals surface area contributed by atoms with Crippen LogP contribution in [-0.4, -0.2) is 0 Å². The highest BCUT2D eigenvalue weighted by molar-refractivity contribution is 5.34. The summed E-state index contributed by atoms with van der Waals surface area (Å²) >= 11 is 0. The van der Waals surface area contributed by atoms with Crippen LogP contribution >= 0.6 is 0 Å². The Hall–Kier alpha value is -1.22. The summed E-state index contributed by atoms with van der Waals surface area (Å²) in [7, 11) is 0. The van der Waals surface area contributed by atoms with Gasteiger partial charge in [0.1, 0.15) is 0 Å². The van der Waals surface area contributed by atoms with Gasteiger partial charge in [-0.05, 0) is 25.0 Å². The van der Waals surface area contributed by atoms with Gasteiger partial charge >= 0.3 is 0 Å². The van der Waals surface area contributed by atoms with Crippen molar-refractivity contribution >= 4 is 0 Å². The third-order valence-corrected chi connectivity index (χ3v) is 1.31. The molecular formula is C10H10. The molecule has 1 aliphatic carbocycles. The third-order valence-electron chi connectivity index (χ3n) is 1.31. The van der Waals surface area contributed by atoms with Crippen LogP contribution in [0.25, 0.3) is 0 Å². The molecule has 0 heteroatoms. The maximum atomic E-state index is 2.92. The summed E-state index contributed by atoms with van der Waals surface area (Å²) < 4.78 is 0. The lowest BCUT2D eigenvalue weighted by Crippen LogP contribution is -1.78. The normalized spacial score (nSPS) is 18.7. The van der Waals surface area contributed by atoms with E-state index in [4.69, 9.17) is 0 Å². The van der Waals surface area contributed by atoms with Crippen LogP contribution in [0.5, 0.6) is 0 Å². The Bertz CT molecular complexity index is 241. The molecule has 10 heavy (non-hydrogen) atoms. The van der Waals surface area contributed by atoms with Crippen molar-refractivity contribution in [1.82, 2.24) is 0 Å². The molecule has 0 fully saturated rings. The van der Waals surface area contributed by atoms with Gasteiger partial charge in [0, 0.05) is 0 Å². The first-order chi connectivity index (χ1) is 4.93. The molecule has 0 nitrogen and oxygen atoms in total. The van der Waals surface area contributed by atoms with Crippen LogP contribution in [0, 0.1) is 11.8 Å². The fourth-order valence-electron chi connectivity index (χ4n) is 0.802. The van der Waals surface area contributed by atoms with Crippen LogP contribution in [0.2, 0.25) is 0 Å². The molecule has 0 aromatic rings. The van der Waals surface area contributed by atoms with Crippen LogP contribution in [0.4, 0.5) is 0 Å². The van der Waals surface area contributed by atoms with Gasteiger partial charge in [0.05, 0.1) is 0 Å². The predicted octanol–water partition coefficient (Wildman–Crippen LogP) is 2.45. The molecular weight excluding hydrogens is 120 g/mol. The van der Waals surface area contributed by atoms with E-state index in [-0.39, 0.29) is 0 Å². The maximum Gasteiger partial charge on any atom is -0.00235 e. The van der Waals surface area contributed by atoms with E-state index in [0.29, 0.717) is 0 Å². The molecule has 0 amide bonds. The minimum atomic E-state index is 1.02. The van der Waals surface area contributed by atoms with Crippen LogP contribution in [-0.2, 0) is 0 Å². The maximum absolute atomic E-state index is 2.92. The van der Waals surface area contributed by atoms with E-state index in [1.54, 1.807) is 0 Å². The standard InChI is InChI=1S/C10H10/c1-2-3-7-10-8-5-4-6-9-10/h4-8H,9H2,1H3/b10-7+. The summed E-state index contributed by atoms with van der Waals surface area (Å²) in [4.78, 5) is 0. The smallest absolute Gasteiger partial charge is 0.00235 e. The van der Waals surface area contributed by atoms with Crippen molar-refractivity contribution in [3.63, 3.8) is 0 Å². The number of rotatable bonds is 0. The highest BCUT2D eigenvalue weighted by Crippen LogP contribution is 2.08. The Morgan fingerprint density at radius 2 is 2.40 bits per heavy atom. The van der Waals surface area contributed by atoms with Gasteiger partial charge in [-0.3, -0.25) is 0 Å². The Balaban J connectivity index is 2.64. The van der Waals surface area contributed by atoms with Crippen LogP contribution in [0.3, 0.4) is 0 Å². The number of hydrogen-bond acceptors (Lipinski definition) is 0. The largest absolute Gasteiger partial charge is 0.102 e. The van der Waals surface area contributed by atoms with E-state index in [9.17, 15) is 0 Å². The average molecular weight is 130 g/mol. The lowest BCUT2D eigenvalue weighted by Gasteiger charge is -1.97. The van der Waals surface area contributed by atoms with Gasteiger partial charge < -0.3 is 0 Å². The molecule has 0 spiro atoms. The van der Waals surface area contributed by atoms with Gasteiger partial charge in [0.2, 0.25) is 0 Å². The van der Waals surface area contributed by atoms with Crippen molar-refractivity contribution in [2.45, 2.75) is 13.3 Å². The third kappa shape index (κ3) is 1.95. The van der Waals surface area contributed by atoms with Crippen molar-refractivity contribution in [3.05, 3.63) is 36.0 Å². The van der Waals surface area contributed by atoms with Crippen molar-refractivity contribution < 1.29 is 0 Å². The second-order valence-electron chi connectivity index (χ2n) is 2.10. The molecule has 0 bridgehead atoms. The number of hydrogen-bond donors (Lipinski definition) is 0. The van der Waals surface area contributed by atoms with Crippen LogP contribution in [0.1, 0.15) is 13.3 Å². The first-order valence-corrected chi connectivity index (χ1v) is 3.38. The van der Waals surface area contributed by atoms with Crippen molar-refractivity contribution in [1.29, 1.82) is 0 Å². The van der Waals surface area contributed by atoms with E-state index >= 15 is 0 Å². The molecule has 1 aliphatic rings. The Morgan fingerprint density at radius 3 is 3.00 bits per heavy atom. The lowest BCUT2D eigenvalue weighted by atomic mass is 10.1. The van der Waals surface area contributed by atoms with E-state index in [1.165, 1.54) is 5.57 Å². The van der Waals surface area contributed by atoms with Gasteiger partial charge in [0.25, 0.3) is 0 Å². The van der Waals surface area contributed by atoms with E-state index < -0.39 is 0 Å². The second-order valence-corrected chi connectivity index (χ2v) is 2.10. The molecule has 0 atom stereocenters. The van der Waals surface area contributed by atoms with Crippen molar-refractivity contribution in [2.75, 3.05) is 0 Å². The van der Waals surface area contributed by atoms with E-state index in [2.05, 4.69) is 30.1 Å². The molecule has 0 heterocycles. The predicted molar refractivity (Wildman–Crippen MR) is 44.4 cm³/mol. The second kappa shape index (κ2) is 3.74. The van der Waals surface area contributed by atoms with Crippen LogP contribution < -0.4 is 0 Å². The zero-order valence-electron chi connectivity index (χ0n) is 6.09. The molecule has 0 aromatic heterocycles. The molecule has 0 unspecified atom stereocenters. The summed E-state index contributed by atoms with van der Waals surface area (Å²) in [6.07, 6.45) is 11.3. The first-order valence-electron chi connectivity index (χ1n) is 3.38. The number of allylic oxidation sites excluding steroid dienone is 6. The summed E-state index contributed by atoms with van der Waals surface area (Å²) in [5, 5.41) is 0. The Morgan fingerprint density at radius 1 is 1.50 bits per heavy atom. The van der Waals surface area contributed by atoms with Gasteiger partial charge in [0.15, 0.2) is 0 Å². The molecule has 0 aromatic carbocycles. The molecule has 0 saturated heterocycles. The molecule has 50 valence electrons. The molecule has 0 aliphatic heterocycles. The van der Waals surface area contributed by atoms with Crippen molar-refractivity contribution in [3.8, 4) is 11.8 Å². The minimum Gasteiger partial charge on any atom is -0.102 e. The van der Waals surface area contributed by atoms with Gasteiger partial charge in [-0.2, -0.15) is 0 Å². The summed E-state index contributed by atoms with van der Waals surface area (Å²) in [5.74, 6) is 5.75. The molecule has 1 rings (SSSR count).